The molecule has 0 bridgehead atoms. The van der Waals surface area contributed by atoms with Gasteiger partial charge in [-0.1, -0.05) is 209 Å². The number of rotatable bonds is 14. The van der Waals surface area contributed by atoms with Crippen LogP contribution < -0.4 is 14.5 Å². The Bertz CT molecular complexity index is 3660. The van der Waals surface area contributed by atoms with Crippen molar-refractivity contribution >= 4 is 38.9 Å². The lowest BCUT2D eigenvalue weighted by Gasteiger charge is -2.33. The average molecular weight is 995 g/mol. The molecule has 0 saturated heterocycles. The Labute approximate surface area is 450 Å². The minimum Gasteiger partial charge on any atom is -0.457 e. The van der Waals surface area contributed by atoms with E-state index >= 15 is 0 Å². The summed E-state index contributed by atoms with van der Waals surface area (Å²) in [6.07, 6.45) is 4.35. The van der Waals surface area contributed by atoms with E-state index in [-0.39, 0.29) is 16.2 Å². The number of aromatic nitrogens is 2. The Balaban J connectivity index is 1.01. The average Bonchev–Trinajstić information content (AvgIpc) is 4.08. The van der Waals surface area contributed by atoms with Crippen molar-refractivity contribution in [3.63, 3.8) is 0 Å². The van der Waals surface area contributed by atoms with Crippen LogP contribution in [0.2, 0.25) is 0 Å². The molecule has 0 radical (unpaired) electrons. The third kappa shape index (κ3) is 9.16. The molecule has 0 atom stereocenters. The molecule has 0 saturated carbocycles. The zero-order valence-corrected chi connectivity index (χ0v) is 45.8. The highest BCUT2D eigenvalue weighted by atomic mass is 16.5. The predicted molar refractivity (Wildman–Crippen MR) is 320 cm³/mol. The topological polar surface area (TPSA) is 33.5 Å². The van der Waals surface area contributed by atoms with Crippen LogP contribution in [0.15, 0.2) is 219 Å². The monoisotopic (exact) mass is 995 g/mol. The van der Waals surface area contributed by atoms with Crippen molar-refractivity contribution in [2.45, 2.75) is 97.3 Å². The van der Waals surface area contributed by atoms with E-state index in [1.165, 1.54) is 61.2 Å². The van der Waals surface area contributed by atoms with Gasteiger partial charge in [0, 0.05) is 68.5 Å². The van der Waals surface area contributed by atoms with E-state index in [1.807, 2.05) is 6.20 Å². The first kappa shape index (κ1) is 50.0. The van der Waals surface area contributed by atoms with Crippen LogP contribution in [0.3, 0.4) is 0 Å². The van der Waals surface area contributed by atoms with E-state index in [4.69, 9.17) is 9.72 Å². The molecule has 0 aliphatic carbocycles. The van der Waals surface area contributed by atoms with Crippen LogP contribution in [0.1, 0.15) is 131 Å². The number of para-hydroxylation sites is 1. The zero-order valence-electron chi connectivity index (χ0n) is 45.8. The molecule has 0 N–H and O–H groups in total. The molecule has 11 rings (SSSR count). The van der Waals surface area contributed by atoms with Crippen molar-refractivity contribution in [2.24, 2.45) is 0 Å². The molecule has 5 heteroatoms. The number of hydrogen-bond acceptors (Lipinski definition) is 4. The maximum Gasteiger partial charge on any atom is 0.137 e. The number of hydrogen-bond donors (Lipinski definition) is 0. The minimum atomic E-state index is -0.261. The standard InChI is InChI=1S/C71H70N4O/c1-48(2)60-33-23-34-61(49(3)4)68(60)66-46-73(57-41-54(70(7,8)51-26-16-12-17-27-51)40-55(42-57)71(9,10)52-28-18-13-19-29-52)47-74(66)56-30-22-31-58(44-56)76-59-36-37-63-62-32-20-21-35-64(62)75(65(63)45-59)67-43-53(38-39-72-67)69(5,6)50-24-14-11-15-25-50/h11-46,48-49H,47H2,1-10H3. The zero-order chi connectivity index (χ0) is 52.9. The molecular formula is C71H70N4O. The van der Waals surface area contributed by atoms with Crippen LogP contribution in [0.5, 0.6) is 11.5 Å². The van der Waals surface area contributed by atoms with Crippen LogP contribution in [-0.2, 0) is 16.2 Å². The van der Waals surface area contributed by atoms with E-state index in [0.717, 1.165) is 45.1 Å². The van der Waals surface area contributed by atoms with Crippen LogP contribution in [0.25, 0.3) is 33.3 Å². The lowest BCUT2D eigenvalue weighted by molar-refractivity contribution is 0.483. The SMILES string of the molecule is CC(C)c1cccc(C(C)C)c1C1=CN(c2cc(C(C)(C)c3ccccc3)cc(C(C)(C)c3ccccc3)c2)CN1c1cccc(Oc2ccc3c4ccccc4n(-c4cc(C(C)(C)c5ccccc5)ccn4)c3c2)c1. The fourth-order valence-corrected chi connectivity index (χ4v) is 11.5. The second-order valence-electron chi connectivity index (χ2n) is 22.9. The van der Waals surface area contributed by atoms with Crippen molar-refractivity contribution in [3.05, 3.63) is 269 Å². The smallest absolute Gasteiger partial charge is 0.137 e. The van der Waals surface area contributed by atoms with Gasteiger partial charge in [0.05, 0.1) is 23.4 Å². The van der Waals surface area contributed by atoms with Gasteiger partial charge in [-0.05, 0) is 111 Å². The van der Waals surface area contributed by atoms with Gasteiger partial charge in [-0.3, -0.25) is 4.57 Å². The Morgan fingerprint density at radius 3 is 1.55 bits per heavy atom. The molecule has 0 fully saturated rings. The van der Waals surface area contributed by atoms with Gasteiger partial charge < -0.3 is 14.5 Å². The summed E-state index contributed by atoms with van der Waals surface area (Å²) in [5, 5.41) is 2.32. The van der Waals surface area contributed by atoms with E-state index < -0.39 is 0 Å². The van der Waals surface area contributed by atoms with Crippen LogP contribution in [0, 0.1) is 0 Å². The molecular weight excluding hydrogens is 925 g/mol. The van der Waals surface area contributed by atoms with Gasteiger partial charge in [-0.2, -0.15) is 0 Å². The Morgan fingerprint density at radius 1 is 0.434 bits per heavy atom. The molecule has 2 aromatic heterocycles. The molecule has 10 aromatic rings. The fraction of sp³-hybridized carbons (Fsp3) is 0.225. The molecule has 0 amide bonds. The summed E-state index contributed by atoms with van der Waals surface area (Å²) in [4.78, 5) is 9.98. The number of fused-ring (bicyclic) bond motifs is 3. The molecule has 3 heterocycles. The number of ether oxygens (including phenoxy) is 1. The molecule has 8 aromatic carbocycles. The number of benzene rings is 8. The molecule has 5 nitrogen and oxygen atoms in total. The van der Waals surface area contributed by atoms with E-state index in [2.05, 4.69) is 296 Å². The first-order valence-corrected chi connectivity index (χ1v) is 27.1. The highest BCUT2D eigenvalue weighted by Gasteiger charge is 2.34. The highest BCUT2D eigenvalue weighted by molar-refractivity contribution is 6.09. The summed E-state index contributed by atoms with van der Waals surface area (Å²) in [7, 11) is 0. The van der Waals surface area contributed by atoms with Gasteiger partial charge in [0.1, 0.15) is 17.3 Å². The molecule has 1 aliphatic heterocycles. The number of anilines is 2. The lowest BCUT2D eigenvalue weighted by atomic mass is 9.73. The van der Waals surface area contributed by atoms with Gasteiger partial charge in [0.2, 0.25) is 0 Å². The van der Waals surface area contributed by atoms with Crippen molar-refractivity contribution in [1.29, 1.82) is 0 Å². The van der Waals surface area contributed by atoms with Crippen LogP contribution in [0.4, 0.5) is 11.4 Å². The third-order valence-corrected chi connectivity index (χ3v) is 16.4. The fourth-order valence-electron chi connectivity index (χ4n) is 11.5. The maximum atomic E-state index is 6.98. The maximum absolute atomic E-state index is 6.98. The highest BCUT2D eigenvalue weighted by Crippen LogP contribution is 2.45. The van der Waals surface area contributed by atoms with Gasteiger partial charge in [-0.25, -0.2) is 4.98 Å². The molecule has 0 spiro atoms. The number of nitrogens with zero attached hydrogens (tertiary/aromatic N) is 4. The van der Waals surface area contributed by atoms with Gasteiger partial charge in [-0.15, -0.1) is 0 Å². The lowest BCUT2D eigenvalue weighted by Crippen LogP contribution is -2.28. The molecule has 0 unspecified atom stereocenters. The summed E-state index contributed by atoms with van der Waals surface area (Å²) < 4.78 is 9.27. The summed E-state index contributed by atoms with van der Waals surface area (Å²) in [5.74, 6) is 3.02. The first-order valence-electron chi connectivity index (χ1n) is 27.1. The Kier molecular flexibility index (Phi) is 13.1. The largest absolute Gasteiger partial charge is 0.457 e. The van der Waals surface area contributed by atoms with Gasteiger partial charge >= 0.3 is 0 Å². The molecule has 380 valence electrons. The summed E-state index contributed by atoms with van der Waals surface area (Å²) in [6.45, 7) is 23.9. The normalized spacial score (nSPS) is 13.3. The van der Waals surface area contributed by atoms with Gasteiger partial charge in [0.15, 0.2) is 0 Å². The molecule has 76 heavy (non-hydrogen) atoms. The van der Waals surface area contributed by atoms with Crippen LogP contribution >= 0.6 is 0 Å². The Hall–Kier alpha value is -8.15. The minimum absolute atomic E-state index is 0.225. The van der Waals surface area contributed by atoms with Crippen LogP contribution in [-0.4, -0.2) is 16.2 Å². The van der Waals surface area contributed by atoms with Crippen molar-refractivity contribution < 1.29 is 4.74 Å². The quantitative estimate of drug-likeness (QED) is 0.109. The number of pyridine rings is 1. The molecule has 1 aliphatic rings. The van der Waals surface area contributed by atoms with Gasteiger partial charge in [0.25, 0.3) is 0 Å². The van der Waals surface area contributed by atoms with E-state index in [0.29, 0.717) is 18.5 Å². The van der Waals surface area contributed by atoms with E-state index in [1.54, 1.807) is 0 Å². The van der Waals surface area contributed by atoms with E-state index in [9.17, 15) is 0 Å². The summed E-state index contributed by atoms with van der Waals surface area (Å²) in [5.41, 5.74) is 16.4. The third-order valence-electron chi connectivity index (χ3n) is 16.4. The second kappa shape index (κ2) is 19.8. The summed E-state index contributed by atoms with van der Waals surface area (Å²) in [6, 6.07) is 74.9. The predicted octanol–water partition coefficient (Wildman–Crippen LogP) is 18.5. The van der Waals surface area contributed by atoms with Crippen molar-refractivity contribution in [1.82, 2.24) is 9.55 Å². The Morgan fingerprint density at radius 2 is 0.961 bits per heavy atom. The first-order chi connectivity index (χ1) is 36.6. The second-order valence-corrected chi connectivity index (χ2v) is 22.9. The summed E-state index contributed by atoms with van der Waals surface area (Å²) >= 11 is 0. The van der Waals surface area contributed by atoms with Crippen molar-refractivity contribution in [2.75, 3.05) is 16.5 Å². The van der Waals surface area contributed by atoms with Crippen molar-refractivity contribution in [3.8, 4) is 17.3 Å².